The molecule has 0 saturated heterocycles. The fourth-order valence-electron chi connectivity index (χ4n) is 2.48. The van der Waals surface area contributed by atoms with Crippen molar-refractivity contribution in [1.29, 1.82) is 0 Å². The van der Waals surface area contributed by atoms with E-state index in [2.05, 4.69) is 10.3 Å². The van der Waals surface area contributed by atoms with Crippen LogP contribution in [0.3, 0.4) is 0 Å². The first kappa shape index (κ1) is 17.9. The number of nitrogens with one attached hydrogen (secondary N) is 1. The molecule has 2 aromatic rings. The summed E-state index contributed by atoms with van der Waals surface area (Å²) < 4.78 is 0. The fourth-order valence-corrected chi connectivity index (χ4v) is 2.48. The Hall–Kier alpha value is -2.46. The maximum absolute atomic E-state index is 12.6. The van der Waals surface area contributed by atoms with Crippen molar-refractivity contribution in [2.24, 2.45) is 10.7 Å². The second-order valence-electron chi connectivity index (χ2n) is 5.81. The molecule has 4 nitrogen and oxygen atoms in total. The topological polar surface area (TPSA) is 67.5 Å². The standard InChI is InChI=1S/C20H25N3O/c1-15(20(21)23-13-7-12-22-2)17-10-6-11-18(14-17)19(24)16-8-4-3-5-9-16/h3-6,8-11,14-15,22H,7,12-13H2,1-2H3,(H2,21,23). The summed E-state index contributed by atoms with van der Waals surface area (Å²) in [5.41, 5.74) is 8.48. The van der Waals surface area contributed by atoms with Gasteiger partial charge in [0.05, 0.1) is 0 Å². The van der Waals surface area contributed by atoms with Gasteiger partial charge in [-0.2, -0.15) is 0 Å². The molecule has 1 unspecified atom stereocenters. The summed E-state index contributed by atoms with van der Waals surface area (Å²) in [7, 11) is 1.92. The van der Waals surface area contributed by atoms with E-state index in [1.54, 1.807) is 0 Å². The quantitative estimate of drug-likeness (QED) is 0.340. The predicted octanol–water partition coefficient (Wildman–Crippen LogP) is 2.99. The third-order valence-electron chi connectivity index (χ3n) is 4.01. The van der Waals surface area contributed by atoms with Crippen LogP contribution in [0.5, 0.6) is 0 Å². The van der Waals surface area contributed by atoms with Gasteiger partial charge in [0.15, 0.2) is 5.78 Å². The van der Waals surface area contributed by atoms with Crippen molar-refractivity contribution in [1.82, 2.24) is 5.32 Å². The molecule has 4 heteroatoms. The van der Waals surface area contributed by atoms with Crippen LogP contribution in [0, 0.1) is 0 Å². The summed E-state index contributed by atoms with van der Waals surface area (Å²) in [6.45, 7) is 3.65. The van der Waals surface area contributed by atoms with Gasteiger partial charge in [-0.1, -0.05) is 55.5 Å². The smallest absolute Gasteiger partial charge is 0.193 e. The lowest BCUT2D eigenvalue weighted by molar-refractivity contribution is 0.103. The fraction of sp³-hybridized carbons (Fsp3) is 0.300. The van der Waals surface area contributed by atoms with Crippen LogP contribution in [-0.4, -0.2) is 31.8 Å². The first-order chi connectivity index (χ1) is 11.6. The molecule has 126 valence electrons. The predicted molar refractivity (Wildman–Crippen MR) is 99.8 cm³/mol. The summed E-state index contributed by atoms with van der Waals surface area (Å²) in [6.07, 6.45) is 0.955. The summed E-state index contributed by atoms with van der Waals surface area (Å²) in [4.78, 5) is 17.0. The van der Waals surface area contributed by atoms with Gasteiger partial charge in [-0.3, -0.25) is 9.79 Å². The van der Waals surface area contributed by atoms with E-state index in [-0.39, 0.29) is 11.7 Å². The molecule has 24 heavy (non-hydrogen) atoms. The number of hydrogen-bond acceptors (Lipinski definition) is 3. The Labute approximate surface area is 143 Å². The Morgan fingerprint density at radius 3 is 2.54 bits per heavy atom. The summed E-state index contributed by atoms with van der Waals surface area (Å²) in [5.74, 6) is 0.618. The van der Waals surface area contributed by atoms with E-state index in [9.17, 15) is 4.79 Å². The second kappa shape index (κ2) is 8.99. The Kier molecular flexibility index (Phi) is 6.70. The van der Waals surface area contributed by atoms with Crippen molar-refractivity contribution >= 4 is 11.6 Å². The number of carbonyl (C=O) groups excluding carboxylic acids is 1. The van der Waals surface area contributed by atoms with Crippen LogP contribution in [0.4, 0.5) is 0 Å². The van der Waals surface area contributed by atoms with Gasteiger partial charge >= 0.3 is 0 Å². The number of ketones is 1. The lowest BCUT2D eigenvalue weighted by atomic mass is 9.95. The highest BCUT2D eigenvalue weighted by molar-refractivity contribution is 6.09. The van der Waals surface area contributed by atoms with Gasteiger partial charge in [-0.25, -0.2) is 0 Å². The van der Waals surface area contributed by atoms with Crippen LogP contribution in [0.1, 0.15) is 40.7 Å². The van der Waals surface area contributed by atoms with E-state index in [4.69, 9.17) is 5.73 Å². The van der Waals surface area contributed by atoms with Crippen LogP contribution in [-0.2, 0) is 0 Å². The zero-order chi connectivity index (χ0) is 17.4. The normalized spacial score (nSPS) is 12.8. The molecule has 2 aromatic carbocycles. The minimum Gasteiger partial charge on any atom is -0.387 e. The molecule has 0 radical (unpaired) electrons. The van der Waals surface area contributed by atoms with Gasteiger partial charge in [-0.05, 0) is 31.6 Å². The van der Waals surface area contributed by atoms with Crippen LogP contribution in [0.2, 0.25) is 0 Å². The van der Waals surface area contributed by atoms with E-state index >= 15 is 0 Å². The number of nitrogens with two attached hydrogens (primary N) is 1. The highest BCUT2D eigenvalue weighted by atomic mass is 16.1. The van der Waals surface area contributed by atoms with E-state index in [0.29, 0.717) is 23.5 Å². The average molecular weight is 323 g/mol. The van der Waals surface area contributed by atoms with Crippen molar-refractivity contribution in [2.45, 2.75) is 19.3 Å². The van der Waals surface area contributed by atoms with Crippen molar-refractivity contribution in [3.63, 3.8) is 0 Å². The Morgan fingerprint density at radius 2 is 1.83 bits per heavy atom. The monoisotopic (exact) mass is 323 g/mol. The van der Waals surface area contributed by atoms with Gasteiger partial charge in [0.25, 0.3) is 0 Å². The maximum atomic E-state index is 12.6. The van der Waals surface area contributed by atoms with E-state index in [1.807, 2.05) is 68.6 Å². The van der Waals surface area contributed by atoms with Crippen LogP contribution in [0.15, 0.2) is 59.6 Å². The third-order valence-corrected chi connectivity index (χ3v) is 4.01. The van der Waals surface area contributed by atoms with Gasteiger partial charge in [0.1, 0.15) is 5.84 Å². The Bertz CT molecular complexity index is 695. The number of carbonyl (C=O) groups is 1. The molecular formula is C20H25N3O. The number of amidine groups is 1. The van der Waals surface area contributed by atoms with E-state index < -0.39 is 0 Å². The minimum absolute atomic E-state index is 0.0110. The van der Waals surface area contributed by atoms with E-state index in [1.165, 1.54) is 0 Å². The summed E-state index contributed by atoms with van der Waals surface area (Å²) >= 11 is 0. The second-order valence-corrected chi connectivity index (χ2v) is 5.81. The highest BCUT2D eigenvalue weighted by Gasteiger charge is 2.14. The molecule has 0 fully saturated rings. The highest BCUT2D eigenvalue weighted by Crippen LogP contribution is 2.19. The third kappa shape index (κ3) is 4.77. The molecule has 0 spiro atoms. The zero-order valence-corrected chi connectivity index (χ0v) is 14.3. The van der Waals surface area contributed by atoms with Crippen molar-refractivity contribution in [3.05, 3.63) is 71.3 Å². The summed E-state index contributed by atoms with van der Waals surface area (Å²) in [5, 5.41) is 3.09. The molecule has 0 aromatic heterocycles. The van der Waals surface area contributed by atoms with Crippen molar-refractivity contribution < 1.29 is 4.79 Å². The lowest BCUT2D eigenvalue weighted by Crippen LogP contribution is -2.21. The van der Waals surface area contributed by atoms with Crippen LogP contribution in [0.25, 0.3) is 0 Å². The van der Waals surface area contributed by atoms with E-state index in [0.717, 1.165) is 18.5 Å². The van der Waals surface area contributed by atoms with Crippen molar-refractivity contribution in [2.75, 3.05) is 20.1 Å². The average Bonchev–Trinajstić information content (AvgIpc) is 2.64. The number of hydrogen-bond donors (Lipinski definition) is 2. The molecule has 1 atom stereocenters. The van der Waals surface area contributed by atoms with Gasteiger partial charge < -0.3 is 11.1 Å². The largest absolute Gasteiger partial charge is 0.387 e. The molecule has 0 saturated carbocycles. The molecular weight excluding hydrogens is 298 g/mol. The Balaban J connectivity index is 2.13. The van der Waals surface area contributed by atoms with Crippen LogP contribution < -0.4 is 11.1 Å². The van der Waals surface area contributed by atoms with Crippen LogP contribution >= 0.6 is 0 Å². The molecule has 0 heterocycles. The van der Waals surface area contributed by atoms with Gasteiger partial charge in [0.2, 0.25) is 0 Å². The molecule has 3 N–H and O–H groups in total. The van der Waals surface area contributed by atoms with Gasteiger partial charge in [0, 0.05) is 23.6 Å². The maximum Gasteiger partial charge on any atom is 0.193 e. The molecule has 0 amide bonds. The lowest BCUT2D eigenvalue weighted by Gasteiger charge is -2.13. The number of benzene rings is 2. The number of rotatable bonds is 8. The van der Waals surface area contributed by atoms with Gasteiger partial charge in [-0.15, -0.1) is 0 Å². The number of aliphatic imine (C=N–C) groups is 1. The number of nitrogens with zero attached hydrogens (tertiary/aromatic N) is 1. The first-order valence-corrected chi connectivity index (χ1v) is 8.27. The molecule has 0 bridgehead atoms. The summed E-state index contributed by atoms with van der Waals surface area (Å²) in [6, 6.07) is 16.9. The SMILES string of the molecule is CNCCCN=C(N)C(C)c1cccc(C(=O)c2ccccc2)c1. The molecule has 2 rings (SSSR count). The minimum atomic E-state index is -0.0110. The molecule has 0 aliphatic rings. The molecule has 0 aliphatic heterocycles. The Morgan fingerprint density at radius 1 is 1.12 bits per heavy atom. The van der Waals surface area contributed by atoms with Crippen molar-refractivity contribution in [3.8, 4) is 0 Å². The zero-order valence-electron chi connectivity index (χ0n) is 14.3. The first-order valence-electron chi connectivity index (χ1n) is 8.27. The molecule has 0 aliphatic carbocycles.